The molecule has 0 radical (unpaired) electrons. The summed E-state index contributed by atoms with van der Waals surface area (Å²) in [7, 11) is 1.34. The number of halogens is 2. The molecule has 0 aliphatic heterocycles. The van der Waals surface area contributed by atoms with Crippen molar-refractivity contribution in [2.45, 2.75) is 12.8 Å². The van der Waals surface area contributed by atoms with Gasteiger partial charge in [-0.05, 0) is 36.8 Å². The third kappa shape index (κ3) is 5.50. The Kier molecular flexibility index (Phi) is 7.06. The van der Waals surface area contributed by atoms with Gasteiger partial charge in [-0.3, -0.25) is 14.9 Å². The van der Waals surface area contributed by atoms with Gasteiger partial charge in [0.15, 0.2) is 5.75 Å². The molecular weight excluding hydrogens is 383 g/mol. The predicted octanol–water partition coefficient (Wildman–Crippen LogP) is 4.71. The molecule has 0 bridgehead atoms. The zero-order valence-corrected chi connectivity index (χ0v) is 15.3. The van der Waals surface area contributed by atoms with Crippen molar-refractivity contribution in [1.29, 1.82) is 0 Å². The zero-order valence-electron chi connectivity index (χ0n) is 13.8. The standard InChI is InChI=1S/C17H16Cl2N2O5/c1-25-16-7-5-12(10-14(16)21(23)24)20-17(22)3-2-8-26-15-6-4-11(18)9-13(15)19/h4-7,9-10H,2-3,8H2,1H3,(H,20,22). The summed E-state index contributed by atoms with van der Waals surface area (Å²) in [4.78, 5) is 22.4. The lowest BCUT2D eigenvalue weighted by Gasteiger charge is -2.09. The summed E-state index contributed by atoms with van der Waals surface area (Å²) in [6, 6.07) is 9.10. The number of hydrogen-bond acceptors (Lipinski definition) is 5. The van der Waals surface area contributed by atoms with Crippen molar-refractivity contribution in [3.05, 3.63) is 56.6 Å². The quantitative estimate of drug-likeness (QED) is 0.395. The molecule has 0 saturated heterocycles. The van der Waals surface area contributed by atoms with Crippen molar-refractivity contribution >= 4 is 40.5 Å². The van der Waals surface area contributed by atoms with Crippen LogP contribution in [0, 0.1) is 10.1 Å². The number of carbonyl (C=O) groups is 1. The SMILES string of the molecule is COc1ccc(NC(=O)CCCOc2ccc(Cl)cc2Cl)cc1[N+](=O)[O-]. The lowest BCUT2D eigenvalue weighted by molar-refractivity contribution is -0.385. The number of anilines is 1. The molecule has 0 fully saturated rings. The first-order valence-electron chi connectivity index (χ1n) is 7.61. The number of ether oxygens (including phenoxy) is 2. The molecule has 7 nitrogen and oxygen atoms in total. The second kappa shape index (κ2) is 9.26. The third-order valence-corrected chi connectivity index (χ3v) is 3.89. The van der Waals surface area contributed by atoms with Crippen LogP contribution in [0.4, 0.5) is 11.4 Å². The second-order valence-electron chi connectivity index (χ2n) is 5.22. The van der Waals surface area contributed by atoms with Crippen LogP contribution in [-0.2, 0) is 4.79 Å². The van der Waals surface area contributed by atoms with Gasteiger partial charge in [-0.15, -0.1) is 0 Å². The molecule has 26 heavy (non-hydrogen) atoms. The van der Waals surface area contributed by atoms with Crippen LogP contribution in [0.25, 0.3) is 0 Å². The summed E-state index contributed by atoms with van der Waals surface area (Å²) in [6.45, 7) is 0.289. The van der Waals surface area contributed by atoms with Gasteiger partial charge in [0.1, 0.15) is 5.75 Å². The Morgan fingerprint density at radius 2 is 1.92 bits per heavy atom. The van der Waals surface area contributed by atoms with Crippen LogP contribution in [0.15, 0.2) is 36.4 Å². The van der Waals surface area contributed by atoms with E-state index in [2.05, 4.69) is 5.32 Å². The van der Waals surface area contributed by atoms with Crippen LogP contribution >= 0.6 is 23.2 Å². The summed E-state index contributed by atoms with van der Waals surface area (Å²) < 4.78 is 10.4. The highest BCUT2D eigenvalue weighted by Crippen LogP contribution is 2.30. The first kappa shape index (κ1) is 19.8. The Balaban J connectivity index is 1.83. The van der Waals surface area contributed by atoms with Crippen LogP contribution in [-0.4, -0.2) is 24.5 Å². The van der Waals surface area contributed by atoms with Gasteiger partial charge in [0.05, 0.1) is 23.7 Å². The zero-order chi connectivity index (χ0) is 19.1. The second-order valence-corrected chi connectivity index (χ2v) is 6.06. The summed E-state index contributed by atoms with van der Waals surface area (Å²) in [5.41, 5.74) is 0.107. The average molecular weight is 399 g/mol. The summed E-state index contributed by atoms with van der Waals surface area (Å²) >= 11 is 11.8. The summed E-state index contributed by atoms with van der Waals surface area (Å²) in [5.74, 6) is 0.332. The number of nitrogens with zero attached hydrogens (tertiary/aromatic N) is 1. The number of methoxy groups -OCH3 is 1. The Morgan fingerprint density at radius 3 is 2.58 bits per heavy atom. The predicted molar refractivity (Wildman–Crippen MR) is 99.5 cm³/mol. The number of benzene rings is 2. The van der Waals surface area contributed by atoms with E-state index < -0.39 is 4.92 Å². The van der Waals surface area contributed by atoms with E-state index in [9.17, 15) is 14.9 Å². The van der Waals surface area contributed by atoms with E-state index in [4.69, 9.17) is 32.7 Å². The molecule has 0 heterocycles. The number of rotatable bonds is 8. The topological polar surface area (TPSA) is 90.7 Å². The number of nitro groups is 1. The maximum atomic E-state index is 12.0. The Hall–Kier alpha value is -2.51. The van der Waals surface area contributed by atoms with Gasteiger partial charge in [0.25, 0.3) is 0 Å². The smallest absolute Gasteiger partial charge is 0.312 e. The van der Waals surface area contributed by atoms with Crippen LogP contribution in [0.5, 0.6) is 11.5 Å². The van der Waals surface area contributed by atoms with E-state index in [1.807, 2.05) is 0 Å². The van der Waals surface area contributed by atoms with E-state index in [1.54, 1.807) is 18.2 Å². The number of nitro benzene ring substituents is 1. The van der Waals surface area contributed by atoms with Crippen molar-refractivity contribution in [2.24, 2.45) is 0 Å². The van der Waals surface area contributed by atoms with Gasteiger partial charge < -0.3 is 14.8 Å². The van der Waals surface area contributed by atoms with Crippen LogP contribution < -0.4 is 14.8 Å². The van der Waals surface area contributed by atoms with Gasteiger partial charge in [-0.1, -0.05) is 23.2 Å². The van der Waals surface area contributed by atoms with E-state index in [0.717, 1.165) is 0 Å². The molecule has 0 aliphatic carbocycles. The maximum absolute atomic E-state index is 12.0. The molecule has 2 aromatic rings. The van der Waals surface area contributed by atoms with Gasteiger partial charge in [0, 0.05) is 23.2 Å². The fraction of sp³-hybridized carbons (Fsp3) is 0.235. The van der Waals surface area contributed by atoms with E-state index >= 15 is 0 Å². The van der Waals surface area contributed by atoms with Gasteiger partial charge in [-0.2, -0.15) is 0 Å². The summed E-state index contributed by atoms with van der Waals surface area (Å²) in [5, 5.41) is 14.5. The van der Waals surface area contributed by atoms with E-state index in [-0.39, 0.29) is 30.4 Å². The lowest BCUT2D eigenvalue weighted by atomic mass is 10.2. The molecule has 0 spiro atoms. The molecule has 9 heteroatoms. The highest BCUT2D eigenvalue weighted by molar-refractivity contribution is 6.35. The van der Waals surface area contributed by atoms with Crippen LogP contribution in [0.2, 0.25) is 10.0 Å². The monoisotopic (exact) mass is 398 g/mol. The lowest BCUT2D eigenvalue weighted by Crippen LogP contribution is -2.13. The van der Waals surface area contributed by atoms with Crippen LogP contribution in [0.3, 0.4) is 0 Å². The number of nitrogens with one attached hydrogen (secondary N) is 1. The minimum absolute atomic E-state index is 0.126. The van der Waals surface area contributed by atoms with Crippen molar-refractivity contribution in [1.82, 2.24) is 0 Å². The van der Waals surface area contributed by atoms with Crippen molar-refractivity contribution in [3.63, 3.8) is 0 Å². The van der Waals surface area contributed by atoms with Crippen molar-refractivity contribution < 1.29 is 19.2 Å². The van der Waals surface area contributed by atoms with Gasteiger partial charge >= 0.3 is 5.69 Å². The molecule has 1 amide bonds. The molecule has 0 atom stereocenters. The van der Waals surface area contributed by atoms with Crippen molar-refractivity contribution in [3.8, 4) is 11.5 Å². The Morgan fingerprint density at radius 1 is 1.19 bits per heavy atom. The average Bonchev–Trinajstić information content (AvgIpc) is 2.60. The van der Waals surface area contributed by atoms with Gasteiger partial charge in [-0.25, -0.2) is 0 Å². The maximum Gasteiger partial charge on any atom is 0.312 e. The highest BCUT2D eigenvalue weighted by Gasteiger charge is 2.16. The number of amides is 1. The molecule has 0 saturated carbocycles. The van der Waals surface area contributed by atoms with Gasteiger partial charge in [0.2, 0.25) is 5.91 Å². The first-order chi connectivity index (χ1) is 12.4. The Bertz CT molecular complexity index is 814. The molecule has 2 aromatic carbocycles. The molecule has 0 aliphatic rings. The molecule has 1 N–H and O–H groups in total. The number of carbonyl (C=O) groups excluding carboxylic acids is 1. The van der Waals surface area contributed by atoms with Crippen molar-refractivity contribution in [2.75, 3.05) is 19.0 Å². The minimum atomic E-state index is -0.571. The fourth-order valence-electron chi connectivity index (χ4n) is 2.14. The van der Waals surface area contributed by atoms with E-state index in [0.29, 0.717) is 27.9 Å². The first-order valence-corrected chi connectivity index (χ1v) is 8.36. The third-order valence-electron chi connectivity index (χ3n) is 3.36. The molecule has 2 rings (SSSR count). The molecular formula is C17H16Cl2N2O5. The molecule has 0 aromatic heterocycles. The number of hydrogen-bond donors (Lipinski definition) is 1. The minimum Gasteiger partial charge on any atom is -0.492 e. The van der Waals surface area contributed by atoms with Crippen LogP contribution in [0.1, 0.15) is 12.8 Å². The largest absolute Gasteiger partial charge is 0.492 e. The highest BCUT2D eigenvalue weighted by atomic mass is 35.5. The normalized spacial score (nSPS) is 10.3. The Labute approximate surface area is 160 Å². The summed E-state index contributed by atoms with van der Waals surface area (Å²) in [6.07, 6.45) is 0.633. The van der Waals surface area contributed by atoms with E-state index in [1.165, 1.54) is 25.3 Å². The molecule has 138 valence electrons. The molecule has 0 unspecified atom stereocenters. The fourth-order valence-corrected chi connectivity index (χ4v) is 2.60.